The van der Waals surface area contributed by atoms with E-state index in [0.29, 0.717) is 19.3 Å². The number of esters is 1. The van der Waals surface area contributed by atoms with E-state index in [9.17, 15) is 23.5 Å². The van der Waals surface area contributed by atoms with Crippen LogP contribution in [0.5, 0.6) is 0 Å². The second-order valence-corrected chi connectivity index (χ2v) is 8.40. The Kier molecular flexibility index (Phi) is 10.2. The number of ether oxygens (including phenoxy) is 1. The minimum absolute atomic E-state index is 0.0377. The Morgan fingerprint density at radius 3 is 2.55 bits per heavy atom. The molecule has 7 heteroatoms. The van der Waals surface area contributed by atoms with Gasteiger partial charge >= 0.3 is 11.9 Å². The van der Waals surface area contributed by atoms with E-state index < -0.39 is 29.9 Å². The SMILES string of the molecule is CCCCC(C)C(O)/C=C/C1(C)CC(F)(F)C(=O)N1CCCCCCC(=O)OC. The standard InChI is InChI=1S/C22H37F2NO4/c1-5-6-11-17(2)18(26)13-14-21(3)16-22(23,24)20(28)25(21)15-10-8-7-9-12-19(27)29-4/h13-14,17-18,26H,5-12,15-16H2,1-4H3/b14-13+. The largest absolute Gasteiger partial charge is 0.469 e. The molecule has 0 radical (unpaired) electrons. The van der Waals surface area contributed by atoms with Crippen LogP contribution in [-0.4, -0.2) is 53.1 Å². The molecule has 1 fully saturated rings. The van der Waals surface area contributed by atoms with Crippen LogP contribution < -0.4 is 0 Å². The average molecular weight is 418 g/mol. The first kappa shape index (κ1) is 25.5. The molecule has 0 aliphatic carbocycles. The summed E-state index contributed by atoms with van der Waals surface area (Å²) >= 11 is 0. The van der Waals surface area contributed by atoms with E-state index in [-0.39, 0.29) is 18.4 Å². The third-order valence-electron chi connectivity index (χ3n) is 5.74. The fraction of sp³-hybridized carbons (Fsp3) is 0.818. The first-order valence-corrected chi connectivity index (χ1v) is 10.7. The lowest BCUT2D eigenvalue weighted by molar-refractivity contribution is -0.148. The molecule has 3 unspecified atom stereocenters. The molecule has 3 atom stereocenters. The van der Waals surface area contributed by atoms with E-state index in [1.165, 1.54) is 12.0 Å². The molecule has 29 heavy (non-hydrogen) atoms. The number of halogens is 2. The summed E-state index contributed by atoms with van der Waals surface area (Å²) in [5.41, 5.74) is -1.11. The van der Waals surface area contributed by atoms with Crippen molar-refractivity contribution in [2.24, 2.45) is 5.92 Å². The number of carbonyl (C=O) groups excluding carboxylic acids is 2. The van der Waals surface area contributed by atoms with Crippen molar-refractivity contribution in [2.45, 2.75) is 96.1 Å². The molecule has 1 rings (SSSR count). The van der Waals surface area contributed by atoms with Crippen LogP contribution in [0.3, 0.4) is 0 Å². The first-order valence-electron chi connectivity index (χ1n) is 10.7. The predicted octanol–water partition coefficient (Wildman–Crippen LogP) is 4.48. The maximum atomic E-state index is 14.2. The number of amides is 1. The van der Waals surface area contributed by atoms with Gasteiger partial charge in [0.25, 0.3) is 5.91 Å². The molecule has 0 aromatic heterocycles. The summed E-state index contributed by atoms with van der Waals surface area (Å²) < 4.78 is 32.9. The highest BCUT2D eigenvalue weighted by molar-refractivity contribution is 5.87. The van der Waals surface area contributed by atoms with Gasteiger partial charge in [-0.05, 0) is 32.1 Å². The van der Waals surface area contributed by atoms with Crippen molar-refractivity contribution in [2.75, 3.05) is 13.7 Å². The Bertz CT molecular complexity index is 567. The molecule has 1 aliphatic heterocycles. The Labute approximate surface area is 173 Å². The average Bonchev–Trinajstić information content (AvgIpc) is 2.85. The number of likely N-dealkylation sites (tertiary alicyclic amines) is 1. The summed E-state index contributed by atoms with van der Waals surface area (Å²) in [5, 5.41) is 10.3. The number of unbranched alkanes of at least 4 members (excludes halogenated alkanes) is 4. The fourth-order valence-electron chi connectivity index (χ4n) is 3.74. The second kappa shape index (κ2) is 11.6. The maximum Gasteiger partial charge on any atom is 0.327 e. The van der Waals surface area contributed by atoms with Crippen LogP contribution in [0.4, 0.5) is 8.78 Å². The number of rotatable bonds is 13. The highest BCUT2D eigenvalue weighted by Gasteiger charge is 2.58. The van der Waals surface area contributed by atoms with E-state index >= 15 is 0 Å². The lowest BCUT2D eigenvalue weighted by Gasteiger charge is -2.32. The number of alkyl halides is 2. The van der Waals surface area contributed by atoms with Gasteiger partial charge in [0.2, 0.25) is 0 Å². The number of hydrogen-bond acceptors (Lipinski definition) is 4. The van der Waals surface area contributed by atoms with Gasteiger partial charge in [0.05, 0.1) is 18.8 Å². The van der Waals surface area contributed by atoms with Crippen LogP contribution in [-0.2, 0) is 14.3 Å². The lowest BCUT2D eigenvalue weighted by atomic mass is 9.92. The Balaban J connectivity index is 2.66. The van der Waals surface area contributed by atoms with E-state index in [1.807, 2.05) is 6.92 Å². The molecule has 0 spiro atoms. The van der Waals surface area contributed by atoms with Crippen LogP contribution in [0.25, 0.3) is 0 Å². The highest BCUT2D eigenvalue weighted by Crippen LogP contribution is 2.41. The Morgan fingerprint density at radius 1 is 1.28 bits per heavy atom. The molecule has 0 aromatic carbocycles. The molecule has 1 heterocycles. The van der Waals surface area contributed by atoms with Gasteiger partial charge in [-0.2, -0.15) is 8.78 Å². The van der Waals surface area contributed by atoms with Crippen molar-refractivity contribution in [1.82, 2.24) is 4.90 Å². The molecule has 0 saturated carbocycles. The van der Waals surface area contributed by atoms with Gasteiger partial charge < -0.3 is 14.7 Å². The summed E-state index contributed by atoms with van der Waals surface area (Å²) in [4.78, 5) is 24.6. The quantitative estimate of drug-likeness (QED) is 0.273. The third-order valence-corrected chi connectivity index (χ3v) is 5.74. The van der Waals surface area contributed by atoms with E-state index in [0.717, 1.165) is 32.1 Å². The Morgan fingerprint density at radius 2 is 1.93 bits per heavy atom. The van der Waals surface area contributed by atoms with E-state index in [4.69, 9.17) is 0 Å². The smallest absolute Gasteiger partial charge is 0.327 e. The summed E-state index contributed by atoms with van der Waals surface area (Å²) in [7, 11) is 1.34. The van der Waals surface area contributed by atoms with Gasteiger partial charge in [-0.15, -0.1) is 0 Å². The van der Waals surface area contributed by atoms with E-state index in [1.54, 1.807) is 19.1 Å². The van der Waals surface area contributed by atoms with Gasteiger partial charge in [0.15, 0.2) is 0 Å². The van der Waals surface area contributed by atoms with Gasteiger partial charge in [0.1, 0.15) is 0 Å². The minimum Gasteiger partial charge on any atom is -0.469 e. The van der Waals surface area contributed by atoms with Gasteiger partial charge in [-0.1, -0.05) is 51.7 Å². The van der Waals surface area contributed by atoms with Crippen molar-refractivity contribution in [3.63, 3.8) is 0 Å². The van der Waals surface area contributed by atoms with Crippen LogP contribution in [0.1, 0.15) is 78.6 Å². The molecule has 1 N–H and O–H groups in total. The van der Waals surface area contributed by atoms with Crippen molar-refractivity contribution in [3.05, 3.63) is 12.2 Å². The lowest BCUT2D eigenvalue weighted by Crippen LogP contribution is -2.43. The maximum absolute atomic E-state index is 14.2. The number of aliphatic hydroxyl groups is 1. The molecular weight excluding hydrogens is 380 g/mol. The van der Waals surface area contributed by atoms with E-state index in [2.05, 4.69) is 11.7 Å². The van der Waals surface area contributed by atoms with Crippen LogP contribution in [0, 0.1) is 5.92 Å². The number of methoxy groups -OCH3 is 1. The van der Waals surface area contributed by atoms with Crippen LogP contribution >= 0.6 is 0 Å². The first-order chi connectivity index (χ1) is 13.6. The zero-order valence-electron chi connectivity index (χ0n) is 18.3. The molecular formula is C22H37F2NO4. The third kappa shape index (κ3) is 7.68. The highest BCUT2D eigenvalue weighted by atomic mass is 19.3. The Hall–Kier alpha value is -1.50. The molecule has 1 aliphatic rings. The second-order valence-electron chi connectivity index (χ2n) is 8.40. The minimum atomic E-state index is -3.39. The van der Waals surface area contributed by atoms with Crippen molar-refractivity contribution in [3.8, 4) is 0 Å². The van der Waals surface area contributed by atoms with Crippen molar-refractivity contribution < 1.29 is 28.2 Å². The van der Waals surface area contributed by atoms with Crippen molar-refractivity contribution in [1.29, 1.82) is 0 Å². The topological polar surface area (TPSA) is 66.8 Å². The molecule has 0 bridgehead atoms. The fourth-order valence-corrected chi connectivity index (χ4v) is 3.74. The number of nitrogens with zero attached hydrogens (tertiary/aromatic N) is 1. The predicted molar refractivity (Wildman–Crippen MR) is 109 cm³/mol. The molecule has 168 valence electrons. The molecule has 1 amide bonds. The number of aliphatic hydroxyl groups excluding tert-OH is 1. The summed E-state index contributed by atoms with van der Waals surface area (Å²) in [5.74, 6) is -4.75. The molecule has 5 nitrogen and oxygen atoms in total. The summed E-state index contributed by atoms with van der Waals surface area (Å²) in [6.45, 7) is 5.88. The normalized spacial score (nSPS) is 23.6. The zero-order valence-corrected chi connectivity index (χ0v) is 18.3. The number of carbonyl (C=O) groups is 2. The van der Waals surface area contributed by atoms with Crippen molar-refractivity contribution >= 4 is 11.9 Å². The monoisotopic (exact) mass is 417 g/mol. The number of hydrogen-bond donors (Lipinski definition) is 1. The summed E-state index contributed by atoms with van der Waals surface area (Å²) in [6, 6.07) is 0. The van der Waals surface area contributed by atoms with Gasteiger partial charge in [-0.3, -0.25) is 9.59 Å². The van der Waals surface area contributed by atoms with Crippen LogP contribution in [0.15, 0.2) is 12.2 Å². The molecule has 1 saturated heterocycles. The van der Waals surface area contributed by atoms with Crippen LogP contribution in [0.2, 0.25) is 0 Å². The zero-order chi connectivity index (χ0) is 22.1. The summed E-state index contributed by atoms with van der Waals surface area (Å²) in [6.07, 6.45) is 7.86. The van der Waals surface area contributed by atoms with Gasteiger partial charge in [-0.25, -0.2) is 0 Å². The van der Waals surface area contributed by atoms with Gasteiger partial charge in [0, 0.05) is 19.4 Å². The molecule has 0 aromatic rings.